The Labute approximate surface area is 171 Å². The van der Waals surface area contributed by atoms with Crippen molar-refractivity contribution in [3.05, 3.63) is 58.9 Å². The van der Waals surface area contributed by atoms with Crippen molar-refractivity contribution < 1.29 is 18.7 Å². The van der Waals surface area contributed by atoms with Gasteiger partial charge < -0.3 is 14.4 Å². The summed E-state index contributed by atoms with van der Waals surface area (Å²) in [6.45, 7) is 0.653. The third-order valence-electron chi connectivity index (χ3n) is 6.30. The average molecular weight is 397 g/mol. The highest BCUT2D eigenvalue weighted by Crippen LogP contribution is 2.42. The average Bonchev–Trinajstić information content (AvgIpc) is 2.78. The molecule has 1 amide bonds. The minimum absolute atomic E-state index is 0.0911. The van der Waals surface area contributed by atoms with Crippen molar-refractivity contribution in [2.75, 3.05) is 20.8 Å². The number of rotatable bonds is 4. The van der Waals surface area contributed by atoms with Crippen LogP contribution in [0.2, 0.25) is 0 Å². The summed E-state index contributed by atoms with van der Waals surface area (Å²) in [6, 6.07) is 10.2. The summed E-state index contributed by atoms with van der Waals surface area (Å²) in [5.41, 5.74) is 3.10. The van der Waals surface area contributed by atoms with E-state index in [4.69, 9.17) is 9.47 Å². The van der Waals surface area contributed by atoms with Crippen LogP contribution in [0.5, 0.6) is 11.5 Å². The maximum Gasteiger partial charge on any atom is 0.226 e. The summed E-state index contributed by atoms with van der Waals surface area (Å²) in [7, 11) is 3.24. The molecule has 0 bridgehead atoms. The molecule has 2 aliphatic rings. The van der Waals surface area contributed by atoms with Crippen LogP contribution in [0.4, 0.5) is 4.39 Å². The molecule has 0 spiro atoms. The second-order valence-electron chi connectivity index (χ2n) is 7.98. The number of fused-ring (bicyclic) bond motifs is 1. The molecule has 0 saturated heterocycles. The van der Waals surface area contributed by atoms with Gasteiger partial charge in [-0.1, -0.05) is 31.4 Å². The Bertz CT molecular complexity index is 874. The minimum atomic E-state index is -0.276. The second-order valence-corrected chi connectivity index (χ2v) is 7.98. The van der Waals surface area contributed by atoms with Gasteiger partial charge in [-0.3, -0.25) is 4.79 Å². The zero-order valence-electron chi connectivity index (χ0n) is 17.1. The molecule has 0 aromatic heterocycles. The van der Waals surface area contributed by atoms with Gasteiger partial charge in [-0.15, -0.1) is 0 Å². The third-order valence-corrected chi connectivity index (χ3v) is 6.30. The molecule has 1 aliphatic heterocycles. The van der Waals surface area contributed by atoms with Gasteiger partial charge in [-0.2, -0.15) is 0 Å². The predicted octanol–water partition coefficient (Wildman–Crippen LogP) is 4.90. The standard InChI is InChI=1S/C24H28FNO3/c1-28-21-14-18-12-13-26(24(27)17-6-4-3-5-7-17)23(20(18)15-22(21)29-2)16-8-10-19(25)11-9-16/h8-11,14-15,17,23H,3-7,12-13H2,1-2H3. The van der Waals surface area contributed by atoms with E-state index in [0.29, 0.717) is 18.0 Å². The van der Waals surface area contributed by atoms with E-state index in [1.165, 1.54) is 18.6 Å². The molecule has 1 saturated carbocycles. The lowest BCUT2D eigenvalue weighted by Crippen LogP contribution is -2.44. The van der Waals surface area contributed by atoms with Crippen LogP contribution in [-0.2, 0) is 11.2 Å². The number of carbonyl (C=O) groups is 1. The van der Waals surface area contributed by atoms with Crippen LogP contribution >= 0.6 is 0 Å². The Morgan fingerprint density at radius 2 is 1.66 bits per heavy atom. The summed E-state index contributed by atoms with van der Waals surface area (Å²) in [6.07, 6.45) is 6.14. The maximum atomic E-state index is 13.6. The van der Waals surface area contributed by atoms with Gasteiger partial charge in [0.15, 0.2) is 11.5 Å². The summed E-state index contributed by atoms with van der Waals surface area (Å²) >= 11 is 0. The Hall–Kier alpha value is -2.56. The Morgan fingerprint density at radius 1 is 1.00 bits per heavy atom. The van der Waals surface area contributed by atoms with Gasteiger partial charge >= 0.3 is 0 Å². The first-order chi connectivity index (χ1) is 14.1. The number of amides is 1. The van der Waals surface area contributed by atoms with E-state index < -0.39 is 0 Å². The zero-order chi connectivity index (χ0) is 20.4. The van der Waals surface area contributed by atoms with Gasteiger partial charge in [0.1, 0.15) is 5.82 Å². The third kappa shape index (κ3) is 3.83. The topological polar surface area (TPSA) is 38.8 Å². The highest BCUT2D eigenvalue weighted by Gasteiger charge is 2.36. The lowest BCUT2D eigenvalue weighted by molar-refractivity contribution is -0.138. The number of hydrogen-bond acceptors (Lipinski definition) is 3. The van der Waals surface area contributed by atoms with E-state index in [1.807, 2.05) is 17.0 Å². The normalized spacial score (nSPS) is 19.6. The molecule has 1 unspecified atom stereocenters. The number of nitrogens with zero attached hydrogens (tertiary/aromatic N) is 1. The molecule has 2 aromatic rings. The van der Waals surface area contributed by atoms with Gasteiger partial charge in [0.2, 0.25) is 5.91 Å². The van der Waals surface area contributed by atoms with E-state index >= 15 is 0 Å². The molecule has 5 heteroatoms. The predicted molar refractivity (Wildman–Crippen MR) is 110 cm³/mol. The molecule has 2 aromatic carbocycles. The first-order valence-corrected chi connectivity index (χ1v) is 10.4. The molecule has 1 atom stereocenters. The molecule has 0 radical (unpaired) electrons. The molecular formula is C24H28FNO3. The quantitative estimate of drug-likeness (QED) is 0.737. The fraction of sp³-hybridized carbons (Fsp3) is 0.458. The van der Waals surface area contributed by atoms with Crippen molar-refractivity contribution in [3.8, 4) is 11.5 Å². The first-order valence-electron chi connectivity index (χ1n) is 10.4. The first kappa shape index (κ1) is 19.7. The molecule has 0 N–H and O–H groups in total. The largest absolute Gasteiger partial charge is 0.493 e. The van der Waals surface area contributed by atoms with Crippen LogP contribution in [0.25, 0.3) is 0 Å². The number of benzene rings is 2. The van der Waals surface area contributed by atoms with Crippen LogP contribution in [0, 0.1) is 11.7 Å². The van der Waals surface area contributed by atoms with Crippen LogP contribution in [0.15, 0.2) is 36.4 Å². The maximum absolute atomic E-state index is 13.6. The number of halogens is 1. The van der Waals surface area contributed by atoms with Gasteiger partial charge in [-0.05, 0) is 60.2 Å². The fourth-order valence-electron chi connectivity index (χ4n) is 4.77. The van der Waals surface area contributed by atoms with Gasteiger partial charge in [0.05, 0.1) is 20.3 Å². The Morgan fingerprint density at radius 3 is 2.31 bits per heavy atom. The highest BCUT2D eigenvalue weighted by atomic mass is 19.1. The van der Waals surface area contributed by atoms with E-state index in [1.54, 1.807) is 26.4 Å². The van der Waals surface area contributed by atoms with Crippen LogP contribution in [0.3, 0.4) is 0 Å². The van der Waals surface area contributed by atoms with Crippen LogP contribution in [-0.4, -0.2) is 31.6 Å². The van der Waals surface area contributed by atoms with Gasteiger partial charge in [0, 0.05) is 12.5 Å². The molecule has 1 fully saturated rings. The summed E-state index contributed by atoms with van der Waals surface area (Å²) in [4.78, 5) is 15.5. The van der Waals surface area contributed by atoms with E-state index in [2.05, 4.69) is 0 Å². The Balaban J connectivity index is 1.78. The number of methoxy groups -OCH3 is 2. The SMILES string of the molecule is COc1cc2c(cc1OC)C(c1ccc(F)cc1)N(C(=O)C1CCCCC1)CC2. The van der Waals surface area contributed by atoms with Crippen LogP contribution in [0.1, 0.15) is 54.8 Å². The van der Waals surface area contributed by atoms with E-state index in [0.717, 1.165) is 48.8 Å². The fourth-order valence-corrected chi connectivity index (χ4v) is 4.77. The minimum Gasteiger partial charge on any atom is -0.493 e. The molecule has 1 heterocycles. The lowest BCUT2D eigenvalue weighted by atomic mass is 9.84. The molecule has 1 aliphatic carbocycles. The summed E-state index contributed by atoms with van der Waals surface area (Å²) in [5.74, 6) is 1.37. The second kappa shape index (κ2) is 8.44. The molecular weight excluding hydrogens is 369 g/mol. The van der Waals surface area contributed by atoms with E-state index in [-0.39, 0.29) is 23.7 Å². The van der Waals surface area contributed by atoms with Crippen molar-refractivity contribution in [2.24, 2.45) is 5.92 Å². The van der Waals surface area contributed by atoms with Crippen molar-refractivity contribution in [2.45, 2.75) is 44.6 Å². The van der Waals surface area contributed by atoms with E-state index in [9.17, 15) is 9.18 Å². The zero-order valence-corrected chi connectivity index (χ0v) is 17.1. The Kier molecular flexibility index (Phi) is 5.74. The smallest absolute Gasteiger partial charge is 0.226 e. The van der Waals surface area contributed by atoms with Crippen molar-refractivity contribution in [3.63, 3.8) is 0 Å². The van der Waals surface area contributed by atoms with Crippen LogP contribution < -0.4 is 9.47 Å². The lowest BCUT2D eigenvalue weighted by Gasteiger charge is -2.40. The number of hydrogen-bond donors (Lipinski definition) is 0. The number of ether oxygens (including phenoxy) is 2. The van der Waals surface area contributed by atoms with Crippen molar-refractivity contribution in [1.82, 2.24) is 4.90 Å². The monoisotopic (exact) mass is 397 g/mol. The highest BCUT2D eigenvalue weighted by molar-refractivity contribution is 5.80. The molecule has 29 heavy (non-hydrogen) atoms. The number of carbonyl (C=O) groups excluding carboxylic acids is 1. The van der Waals surface area contributed by atoms with Crippen molar-refractivity contribution in [1.29, 1.82) is 0 Å². The molecule has 4 rings (SSSR count). The summed E-state index contributed by atoms with van der Waals surface area (Å²) in [5, 5.41) is 0. The van der Waals surface area contributed by atoms with Gasteiger partial charge in [0.25, 0.3) is 0 Å². The summed E-state index contributed by atoms with van der Waals surface area (Å²) < 4.78 is 24.6. The molecule has 4 nitrogen and oxygen atoms in total. The molecule has 154 valence electrons. The van der Waals surface area contributed by atoms with Crippen molar-refractivity contribution >= 4 is 5.91 Å². The van der Waals surface area contributed by atoms with Gasteiger partial charge in [-0.25, -0.2) is 4.39 Å².